The van der Waals surface area contributed by atoms with Gasteiger partial charge in [-0.1, -0.05) is 24.6 Å². The second-order valence-corrected chi connectivity index (χ2v) is 5.66. The molecule has 1 aliphatic carbocycles. The summed E-state index contributed by atoms with van der Waals surface area (Å²) in [7, 11) is 0. The van der Waals surface area contributed by atoms with Crippen molar-refractivity contribution in [3.05, 3.63) is 53.9 Å². The Kier molecular flexibility index (Phi) is 2.92. The number of carboxylic acid groups (broad SMARTS) is 1. The number of rotatable bonds is 3. The third-order valence-electron chi connectivity index (χ3n) is 4.34. The zero-order chi connectivity index (χ0) is 15.1. The topological polar surface area (TPSA) is 68.0 Å². The van der Waals surface area contributed by atoms with E-state index in [0.29, 0.717) is 11.6 Å². The fourth-order valence-corrected chi connectivity index (χ4v) is 2.95. The molecule has 0 bridgehead atoms. The number of fused-ring (bicyclic) bond motifs is 1. The number of hydrogen-bond acceptors (Lipinski definition) is 3. The van der Waals surface area contributed by atoms with Crippen molar-refractivity contribution in [2.75, 3.05) is 0 Å². The normalized spacial score (nSPS) is 14.9. The van der Waals surface area contributed by atoms with Crippen molar-refractivity contribution < 1.29 is 9.90 Å². The van der Waals surface area contributed by atoms with Gasteiger partial charge in [-0.15, -0.1) is 0 Å². The molecule has 5 heteroatoms. The molecule has 0 atom stereocenters. The minimum Gasteiger partial charge on any atom is -0.477 e. The van der Waals surface area contributed by atoms with Gasteiger partial charge in [-0.05, 0) is 42.5 Å². The van der Waals surface area contributed by atoms with Gasteiger partial charge in [-0.25, -0.2) is 14.5 Å². The predicted octanol–water partition coefficient (Wildman–Crippen LogP) is 3.39. The minimum absolute atomic E-state index is 0.0899. The Morgan fingerprint density at radius 1 is 1.23 bits per heavy atom. The lowest BCUT2D eigenvalue weighted by atomic mass is 9.79. The molecule has 1 saturated carbocycles. The van der Waals surface area contributed by atoms with Gasteiger partial charge in [0.2, 0.25) is 0 Å². The molecule has 1 N–H and O–H groups in total. The zero-order valence-electron chi connectivity index (χ0n) is 11.9. The molecular weight excluding hydrogens is 278 g/mol. The lowest BCUT2D eigenvalue weighted by molar-refractivity contribution is 0.0690. The summed E-state index contributed by atoms with van der Waals surface area (Å²) in [6.07, 6.45) is 5.21. The Morgan fingerprint density at radius 3 is 2.64 bits per heavy atom. The van der Waals surface area contributed by atoms with Crippen molar-refractivity contribution >= 4 is 17.0 Å². The second-order valence-electron chi connectivity index (χ2n) is 5.66. The standard InChI is InChI=1S/C17H15N3O2/c21-17(22)15-9-13(11-5-4-6-11)14-10-18-20(16(14)19-15)12-7-2-1-3-8-12/h1-3,7-11H,4-6H2,(H,21,22). The summed E-state index contributed by atoms with van der Waals surface area (Å²) in [5.74, 6) is -0.569. The molecule has 5 nitrogen and oxygen atoms in total. The molecule has 0 spiro atoms. The highest BCUT2D eigenvalue weighted by molar-refractivity contribution is 5.91. The summed E-state index contributed by atoms with van der Waals surface area (Å²) in [6.45, 7) is 0. The number of para-hydroxylation sites is 1. The maximum absolute atomic E-state index is 11.4. The van der Waals surface area contributed by atoms with E-state index in [0.717, 1.165) is 29.5 Å². The first-order valence-electron chi connectivity index (χ1n) is 7.41. The number of carbonyl (C=O) groups is 1. The fraction of sp³-hybridized carbons (Fsp3) is 0.235. The molecule has 0 amide bonds. The van der Waals surface area contributed by atoms with Gasteiger partial charge in [-0.3, -0.25) is 0 Å². The Hall–Kier alpha value is -2.69. The predicted molar refractivity (Wildman–Crippen MR) is 82.4 cm³/mol. The molecule has 4 rings (SSSR count). The van der Waals surface area contributed by atoms with Crippen LogP contribution >= 0.6 is 0 Å². The molecule has 0 saturated heterocycles. The number of aromatic nitrogens is 3. The fourth-order valence-electron chi connectivity index (χ4n) is 2.95. The summed E-state index contributed by atoms with van der Waals surface area (Å²) in [6, 6.07) is 11.4. The lowest BCUT2D eigenvalue weighted by Gasteiger charge is -2.26. The van der Waals surface area contributed by atoms with Crippen LogP contribution in [0.5, 0.6) is 0 Å². The summed E-state index contributed by atoms with van der Waals surface area (Å²) in [4.78, 5) is 15.7. The third-order valence-corrected chi connectivity index (χ3v) is 4.34. The van der Waals surface area contributed by atoms with Gasteiger partial charge >= 0.3 is 5.97 Å². The van der Waals surface area contributed by atoms with E-state index in [2.05, 4.69) is 10.1 Å². The first-order chi connectivity index (χ1) is 10.7. The van der Waals surface area contributed by atoms with E-state index < -0.39 is 5.97 Å². The van der Waals surface area contributed by atoms with Crippen molar-refractivity contribution in [3.63, 3.8) is 0 Å². The summed E-state index contributed by atoms with van der Waals surface area (Å²) in [5.41, 5.74) is 2.66. The summed E-state index contributed by atoms with van der Waals surface area (Å²) < 4.78 is 1.71. The van der Waals surface area contributed by atoms with Crippen molar-refractivity contribution in [1.29, 1.82) is 0 Å². The molecule has 0 aliphatic heterocycles. The van der Waals surface area contributed by atoms with Gasteiger partial charge in [0, 0.05) is 5.39 Å². The van der Waals surface area contributed by atoms with Gasteiger partial charge < -0.3 is 5.11 Å². The number of pyridine rings is 1. The first kappa shape index (κ1) is 13.0. The maximum Gasteiger partial charge on any atom is 0.354 e. The second kappa shape index (κ2) is 4.94. The Balaban J connectivity index is 1.97. The van der Waals surface area contributed by atoms with Crippen LogP contribution in [0.4, 0.5) is 0 Å². The molecule has 1 fully saturated rings. The van der Waals surface area contributed by atoms with Crippen LogP contribution in [0.2, 0.25) is 0 Å². The van der Waals surface area contributed by atoms with E-state index in [1.54, 1.807) is 16.9 Å². The minimum atomic E-state index is -0.997. The molecule has 3 aromatic rings. The van der Waals surface area contributed by atoms with Crippen molar-refractivity contribution in [3.8, 4) is 5.69 Å². The van der Waals surface area contributed by atoms with Crippen LogP contribution in [0, 0.1) is 0 Å². The van der Waals surface area contributed by atoms with Crippen LogP contribution < -0.4 is 0 Å². The van der Waals surface area contributed by atoms with Crippen molar-refractivity contribution in [2.45, 2.75) is 25.2 Å². The molecule has 1 aromatic carbocycles. The molecule has 22 heavy (non-hydrogen) atoms. The van der Waals surface area contributed by atoms with E-state index in [4.69, 9.17) is 0 Å². The third kappa shape index (κ3) is 1.97. The maximum atomic E-state index is 11.4. The van der Waals surface area contributed by atoms with Crippen LogP contribution in [0.3, 0.4) is 0 Å². The highest BCUT2D eigenvalue weighted by atomic mass is 16.4. The molecule has 0 unspecified atom stereocenters. The van der Waals surface area contributed by atoms with Crippen molar-refractivity contribution in [1.82, 2.24) is 14.8 Å². The first-order valence-corrected chi connectivity index (χ1v) is 7.41. The van der Waals surface area contributed by atoms with Crippen LogP contribution in [-0.2, 0) is 0 Å². The highest BCUT2D eigenvalue weighted by Crippen LogP contribution is 2.39. The van der Waals surface area contributed by atoms with E-state index in [-0.39, 0.29) is 5.69 Å². The Labute approximate surface area is 127 Å². The van der Waals surface area contributed by atoms with Crippen LogP contribution in [0.1, 0.15) is 41.2 Å². The zero-order valence-corrected chi connectivity index (χ0v) is 11.9. The number of nitrogens with zero attached hydrogens (tertiary/aromatic N) is 3. The summed E-state index contributed by atoms with van der Waals surface area (Å²) >= 11 is 0. The quantitative estimate of drug-likeness (QED) is 0.803. The molecule has 1 aliphatic rings. The molecular formula is C17H15N3O2. The largest absolute Gasteiger partial charge is 0.477 e. The molecule has 2 heterocycles. The van der Waals surface area contributed by atoms with Crippen LogP contribution in [0.25, 0.3) is 16.7 Å². The average Bonchev–Trinajstić information content (AvgIpc) is 2.90. The molecule has 0 radical (unpaired) electrons. The van der Waals surface area contributed by atoms with Crippen LogP contribution in [-0.4, -0.2) is 25.8 Å². The Bertz CT molecular complexity index is 851. The van der Waals surface area contributed by atoms with Crippen molar-refractivity contribution in [2.24, 2.45) is 0 Å². The number of benzene rings is 1. The van der Waals surface area contributed by atoms with E-state index in [9.17, 15) is 9.90 Å². The van der Waals surface area contributed by atoms with E-state index in [1.807, 2.05) is 30.3 Å². The molecule has 110 valence electrons. The summed E-state index contributed by atoms with van der Waals surface area (Å²) in [5, 5.41) is 14.7. The Morgan fingerprint density at radius 2 is 2.00 bits per heavy atom. The van der Waals surface area contributed by atoms with E-state index >= 15 is 0 Å². The number of hydrogen-bond donors (Lipinski definition) is 1. The smallest absolute Gasteiger partial charge is 0.354 e. The average molecular weight is 293 g/mol. The van der Waals surface area contributed by atoms with Gasteiger partial charge in [0.15, 0.2) is 11.3 Å². The number of carboxylic acids is 1. The number of aromatic carboxylic acids is 1. The van der Waals surface area contributed by atoms with Gasteiger partial charge in [-0.2, -0.15) is 5.10 Å². The van der Waals surface area contributed by atoms with Gasteiger partial charge in [0.05, 0.1) is 11.9 Å². The van der Waals surface area contributed by atoms with Crippen LogP contribution in [0.15, 0.2) is 42.6 Å². The lowest BCUT2D eigenvalue weighted by Crippen LogP contribution is -2.12. The monoisotopic (exact) mass is 293 g/mol. The van der Waals surface area contributed by atoms with Gasteiger partial charge in [0.1, 0.15) is 0 Å². The van der Waals surface area contributed by atoms with Gasteiger partial charge in [0.25, 0.3) is 0 Å². The highest BCUT2D eigenvalue weighted by Gasteiger charge is 2.25. The SMILES string of the molecule is O=C(O)c1cc(C2CCC2)c2cnn(-c3ccccc3)c2n1. The molecule has 2 aromatic heterocycles. The van der Waals surface area contributed by atoms with E-state index in [1.165, 1.54) is 6.42 Å².